The Hall–Kier alpha value is -0.340. The summed E-state index contributed by atoms with van der Waals surface area (Å²) in [6, 6.07) is 0. The van der Waals surface area contributed by atoms with Crippen LogP contribution in [-0.4, -0.2) is 25.9 Å². The average molecular weight is 337 g/mol. The molecule has 0 aliphatic heterocycles. The van der Waals surface area contributed by atoms with Gasteiger partial charge in [0, 0.05) is 13.2 Å². The molecule has 0 amide bonds. The van der Waals surface area contributed by atoms with Gasteiger partial charge in [-0.3, -0.25) is 0 Å². The van der Waals surface area contributed by atoms with Gasteiger partial charge in [-0.05, 0) is 82.5 Å². The van der Waals surface area contributed by atoms with Gasteiger partial charge in [-0.15, -0.1) is 0 Å². The Labute approximate surface area is 150 Å². The minimum atomic E-state index is 0.519. The molecule has 2 fully saturated rings. The van der Waals surface area contributed by atoms with Crippen LogP contribution in [0.15, 0.2) is 12.2 Å². The molecule has 0 aromatic rings. The first-order valence-electron chi connectivity index (χ1n) is 10.6. The van der Waals surface area contributed by atoms with Crippen molar-refractivity contribution in [2.24, 2.45) is 17.8 Å². The normalized spacial score (nSPS) is 31.6. The van der Waals surface area contributed by atoms with E-state index in [4.69, 9.17) is 9.47 Å². The average Bonchev–Trinajstić information content (AvgIpc) is 2.63. The highest BCUT2D eigenvalue weighted by molar-refractivity contribution is 4.83. The molecule has 0 aromatic heterocycles. The summed E-state index contributed by atoms with van der Waals surface area (Å²) in [4.78, 5) is 0. The lowest BCUT2D eigenvalue weighted by atomic mass is 9.71. The van der Waals surface area contributed by atoms with Gasteiger partial charge in [-0.2, -0.15) is 0 Å². The maximum atomic E-state index is 5.94. The molecule has 2 heteroatoms. The van der Waals surface area contributed by atoms with E-state index in [2.05, 4.69) is 26.0 Å². The Morgan fingerprint density at radius 2 is 1.54 bits per heavy atom. The first-order valence-corrected chi connectivity index (χ1v) is 10.6. The Kier molecular flexibility index (Phi) is 10.1. The second-order valence-corrected chi connectivity index (χ2v) is 8.00. The van der Waals surface area contributed by atoms with Gasteiger partial charge in [-0.25, -0.2) is 0 Å². The third-order valence-corrected chi connectivity index (χ3v) is 6.19. The van der Waals surface area contributed by atoms with Crippen molar-refractivity contribution < 1.29 is 9.47 Å². The third kappa shape index (κ3) is 7.27. The Morgan fingerprint density at radius 1 is 0.875 bits per heavy atom. The minimum Gasteiger partial charge on any atom is -0.381 e. The zero-order chi connectivity index (χ0) is 17.0. The molecule has 2 aliphatic rings. The minimum absolute atomic E-state index is 0.519. The number of ether oxygens (including phenoxy) is 2. The Bertz CT molecular complexity index is 323. The van der Waals surface area contributed by atoms with E-state index in [1.165, 1.54) is 70.6 Å². The van der Waals surface area contributed by atoms with Gasteiger partial charge < -0.3 is 9.47 Å². The fourth-order valence-corrected chi connectivity index (χ4v) is 4.54. The molecule has 0 spiro atoms. The molecule has 0 bridgehead atoms. The van der Waals surface area contributed by atoms with Gasteiger partial charge in [0.05, 0.1) is 12.7 Å². The van der Waals surface area contributed by atoms with Gasteiger partial charge >= 0.3 is 0 Å². The van der Waals surface area contributed by atoms with Crippen LogP contribution in [0.3, 0.4) is 0 Å². The van der Waals surface area contributed by atoms with Gasteiger partial charge in [0.25, 0.3) is 0 Å². The van der Waals surface area contributed by atoms with Crippen molar-refractivity contribution in [3.05, 3.63) is 12.2 Å². The van der Waals surface area contributed by atoms with E-state index in [0.717, 1.165) is 37.6 Å². The molecule has 0 aromatic carbocycles. The lowest BCUT2D eigenvalue weighted by molar-refractivity contribution is 0.0169. The first kappa shape index (κ1) is 20.0. The summed E-state index contributed by atoms with van der Waals surface area (Å²) in [6.45, 7) is 7.11. The highest BCUT2D eigenvalue weighted by atomic mass is 16.5. The molecule has 0 radical (unpaired) electrons. The van der Waals surface area contributed by atoms with Crippen molar-refractivity contribution in [1.29, 1.82) is 0 Å². The molecule has 2 saturated carbocycles. The molecule has 2 rings (SSSR count). The first-order chi connectivity index (χ1) is 11.8. The Morgan fingerprint density at radius 3 is 2.17 bits per heavy atom. The summed E-state index contributed by atoms with van der Waals surface area (Å²) in [6.07, 6.45) is 19.6. The lowest BCUT2D eigenvalue weighted by Crippen LogP contribution is -2.29. The monoisotopic (exact) mass is 336 g/mol. The molecule has 2 aliphatic carbocycles. The van der Waals surface area contributed by atoms with Crippen LogP contribution in [0.4, 0.5) is 0 Å². The molecule has 0 heterocycles. The fraction of sp³-hybridized carbons (Fsp3) is 0.909. The van der Waals surface area contributed by atoms with Crippen molar-refractivity contribution in [2.75, 3.05) is 19.8 Å². The van der Waals surface area contributed by atoms with E-state index in [0.29, 0.717) is 6.10 Å². The van der Waals surface area contributed by atoms with Crippen LogP contribution in [0, 0.1) is 17.8 Å². The summed E-state index contributed by atoms with van der Waals surface area (Å²) < 4.78 is 11.8. The quantitative estimate of drug-likeness (QED) is 0.352. The molecular weight excluding hydrogens is 296 g/mol. The largest absolute Gasteiger partial charge is 0.381 e. The maximum Gasteiger partial charge on any atom is 0.0651 e. The zero-order valence-corrected chi connectivity index (χ0v) is 16.2. The van der Waals surface area contributed by atoms with Crippen LogP contribution >= 0.6 is 0 Å². The second-order valence-electron chi connectivity index (χ2n) is 8.00. The van der Waals surface area contributed by atoms with E-state index >= 15 is 0 Å². The number of unbranched alkanes of at least 4 members (excludes halogenated alkanes) is 2. The van der Waals surface area contributed by atoms with Gasteiger partial charge in [-0.1, -0.05) is 31.9 Å². The standard InChI is InChI=1S/C22H40O2/c1-3-5-7-16-23-18-19-8-10-20(11-9-19)21-12-14-22(15-13-21)24-17-6-4-2/h4,6,19-22H,3,5,7-18H2,1-2H3/t19-,20-,21-,22-. The highest BCUT2D eigenvalue weighted by Gasteiger charge is 2.31. The van der Waals surface area contributed by atoms with E-state index in [1.54, 1.807) is 0 Å². The van der Waals surface area contributed by atoms with Gasteiger partial charge in [0.15, 0.2) is 0 Å². The molecule has 0 N–H and O–H groups in total. The SMILES string of the molecule is CC=CCO[C@H]1CC[C@H]([C@H]2CC[C@H](COCCCCC)CC2)CC1. The van der Waals surface area contributed by atoms with Crippen molar-refractivity contribution in [3.63, 3.8) is 0 Å². The molecular formula is C22H40O2. The molecule has 24 heavy (non-hydrogen) atoms. The number of allylic oxidation sites excluding steroid dienone is 1. The van der Waals surface area contributed by atoms with Crippen LogP contribution in [0.1, 0.15) is 84.5 Å². The third-order valence-electron chi connectivity index (χ3n) is 6.19. The highest BCUT2D eigenvalue weighted by Crippen LogP contribution is 2.40. The zero-order valence-electron chi connectivity index (χ0n) is 16.2. The molecule has 2 nitrogen and oxygen atoms in total. The predicted octanol–water partition coefficient (Wildman–Crippen LogP) is 6.15. The molecule has 0 unspecified atom stereocenters. The summed E-state index contributed by atoms with van der Waals surface area (Å²) in [7, 11) is 0. The number of rotatable bonds is 10. The number of hydrogen-bond donors (Lipinski definition) is 0. The summed E-state index contributed by atoms with van der Waals surface area (Å²) in [5.41, 5.74) is 0. The van der Waals surface area contributed by atoms with E-state index in [-0.39, 0.29) is 0 Å². The second kappa shape index (κ2) is 12.1. The maximum absolute atomic E-state index is 5.94. The van der Waals surface area contributed by atoms with Crippen molar-refractivity contribution in [2.45, 2.75) is 90.6 Å². The van der Waals surface area contributed by atoms with E-state index in [1.807, 2.05) is 0 Å². The van der Waals surface area contributed by atoms with Crippen molar-refractivity contribution in [1.82, 2.24) is 0 Å². The van der Waals surface area contributed by atoms with Crippen molar-refractivity contribution >= 4 is 0 Å². The molecule has 0 saturated heterocycles. The topological polar surface area (TPSA) is 18.5 Å². The smallest absolute Gasteiger partial charge is 0.0651 e. The fourth-order valence-electron chi connectivity index (χ4n) is 4.54. The lowest BCUT2D eigenvalue weighted by Gasteiger charge is -2.37. The predicted molar refractivity (Wildman–Crippen MR) is 102 cm³/mol. The molecule has 0 atom stereocenters. The van der Waals surface area contributed by atoms with E-state index in [9.17, 15) is 0 Å². The summed E-state index contributed by atoms with van der Waals surface area (Å²) in [5, 5.41) is 0. The van der Waals surface area contributed by atoms with Gasteiger partial charge in [0.2, 0.25) is 0 Å². The summed E-state index contributed by atoms with van der Waals surface area (Å²) >= 11 is 0. The molecule has 140 valence electrons. The number of hydrogen-bond acceptors (Lipinski definition) is 2. The van der Waals surface area contributed by atoms with Crippen LogP contribution < -0.4 is 0 Å². The Balaban J connectivity index is 1.55. The van der Waals surface area contributed by atoms with Crippen molar-refractivity contribution in [3.8, 4) is 0 Å². The summed E-state index contributed by atoms with van der Waals surface area (Å²) in [5.74, 6) is 2.79. The van der Waals surface area contributed by atoms with E-state index < -0.39 is 0 Å². The van der Waals surface area contributed by atoms with Gasteiger partial charge in [0.1, 0.15) is 0 Å². The van der Waals surface area contributed by atoms with Crippen LogP contribution in [0.25, 0.3) is 0 Å². The van der Waals surface area contributed by atoms with Crippen LogP contribution in [0.5, 0.6) is 0 Å². The van der Waals surface area contributed by atoms with Crippen LogP contribution in [0.2, 0.25) is 0 Å². The van der Waals surface area contributed by atoms with Crippen LogP contribution in [-0.2, 0) is 9.47 Å².